The number of nitrogens with one attached hydrogen (secondary N) is 3. The first-order valence-electron chi connectivity index (χ1n) is 14.4. The molecule has 0 aromatic carbocycles. The lowest BCUT2D eigenvalue weighted by atomic mass is 9.69. The van der Waals surface area contributed by atoms with Crippen molar-refractivity contribution >= 4 is 17.5 Å². The minimum atomic E-state index is -0.737. The molecule has 0 aromatic heterocycles. The highest BCUT2D eigenvalue weighted by atomic mass is 35.5. The zero-order valence-electron chi connectivity index (χ0n) is 22.3. The van der Waals surface area contributed by atoms with Crippen LogP contribution in [0.4, 0.5) is 0 Å². The van der Waals surface area contributed by atoms with Crippen LogP contribution in [0, 0.1) is 11.3 Å². The maximum absolute atomic E-state index is 13.9. The molecule has 0 bridgehead atoms. The van der Waals surface area contributed by atoms with E-state index in [-0.39, 0.29) is 41.0 Å². The van der Waals surface area contributed by atoms with Gasteiger partial charge in [0.25, 0.3) is 0 Å². The van der Waals surface area contributed by atoms with Crippen LogP contribution < -0.4 is 33.2 Å². The number of carbonyl (C=O) groups excluding carboxylic acids is 1. The Morgan fingerprint density at radius 3 is 2.39 bits per heavy atom. The monoisotopic (exact) mass is 526 g/mol. The van der Waals surface area contributed by atoms with E-state index < -0.39 is 12.1 Å². The molecule has 4 aliphatic rings. The topological polar surface area (TPSA) is 138 Å². The lowest BCUT2D eigenvalue weighted by Crippen LogP contribution is -2.67. The first-order chi connectivity index (χ1) is 17.3. The Hall–Kier alpha value is -0.520. The Kier molecular flexibility index (Phi) is 10.3. The number of halogens is 1. The van der Waals surface area contributed by atoms with Crippen molar-refractivity contribution in [3.8, 4) is 0 Å². The number of carbonyl (C=O) groups is 1. The van der Waals surface area contributed by atoms with E-state index in [0.29, 0.717) is 13.1 Å². The summed E-state index contributed by atoms with van der Waals surface area (Å²) in [5.74, 6) is -0.546. The number of hydrogen-bond acceptors (Lipinski definition) is 8. The molecule has 3 aliphatic heterocycles. The van der Waals surface area contributed by atoms with Gasteiger partial charge in [-0.15, -0.1) is 11.6 Å². The lowest BCUT2D eigenvalue weighted by molar-refractivity contribution is -0.128. The number of piperidine rings is 1. The van der Waals surface area contributed by atoms with E-state index in [1.165, 1.54) is 38.5 Å². The summed E-state index contributed by atoms with van der Waals surface area (Å²) in [6, 6.07) is 0.105. The molecule has 1 amide bonds. The standard InChI is InChI=1S/C26H51ClN8O/c1-34-10-12-35(13-11-34)21-14-22(28)32-17-20(21)33-25(36)23(24(29)30)19-15-26(7-4-2-3-5-8-26)9-6-18(27)16-31-19/h18-24,31-32H,2-17,28-30H2,1H3,(H,33,36). The van der Waals surface area contributed by atoms with E-state index in [4.69, 9.17) is 28.8 Å². The van der Waals surface area contributed by atoms with Gasteiger partial charge >= 0.3 is 0 Å². The van der Waals surface area contributed by atoms with Crippen molar-refractivity contribution < 1.29 is 4.79 Å². The van der Waals surface area contributed by atoms with Crippen LogP contribution in [-0.4, -0.2) is 97.9 Å². The fourth-order valence-electron chi connectivity index (χ4n) is 7.20. The Morgan fingerprint density at radius 1 is 1.03 bits per heavy atom. The summed E-state index contributed by atoms with van der Waals surface area (Å²) in [6.07, 6.45) is 10.6. The first-order valence-corrected chi connectivity index (χ1v) is 14.8. The summed E-state index contributed by atoms with van der Waals surface area (Å²) in [4.78, 5) is 18.7. The van der Waals surface area contributed by atoms with E-state index in [1.807, 2.05) is 0 Å². The third kappa shape index (κ3) is 7.32. The number of rotatable bonds is 5. The molecule has 4 fully saturated rings. The number of likely N-dealkylation sites (N-methyl/N-ethyl adjacent to an activating group) is 1. The summed E-state index contributed by atoms with van der Waals surface area (Å²) in [5.41, 5.74) is 19.2. The van der Waals surface area contributed by atoms with Crippen molar-refractivity contribution in [2.24, 2.45) is 28.5 Å². The lowest BCUT2D eigenvalue weighted by Gasteiger charge is -2.46. The van der Waals surface area contributed by atoms with Gasteiger partial charge in [0.05, 0.1) is 24.3 Å². The molecule has 0 aromatic rings. The van der Waals surface area contributed by atoms with Crippen LogP contribution in [0.25, 0.3) is 0 Å². The van der Waals surface area contributed by atoms with Crippen LogP contribution >= 0.6 is 11.6 Å². The maximum atomic E-state index is 13.9. The average molecular weight is 527 g/mol. The SMILES string of the molecule is CN1CCN(C2CC(N)NCC2NC(=O)C(C(N)N)C2CC3(CCCCCC3)CCC(Cl)CN2)CC1. The van der Waals surface area contributed by atoms with Crippen LogP contribution in [0.5, 0.6) is 0 Å². The summed E-state index contributed by atoms with van der Waals surface area (Å²) >= 11 is 6.70. The molecule has 0 radical (unpaired) electrons. The van der Waals surface area contributed by atoms with Crippen LogP contribution in [0.15, 0.2) is 0 Å². The van der Waals surface area contributed by atoms with Gasteiger partial charge in [0, 0.05) is 56.7 Å². The second kappa shape index (κ2) is 13.0. The first kappa shape index (κ1) is 28.5. The zero-order chi connectivity index (χ0) is 25.7. The normalized spacial score (nSPS) is 36.1. The molecule has 6 unspecified atom stereocenters. The number of nitrogens with zero attached hydrogens (tertiary/aromatic N) is 2. The predicted molar refractivity (Wildman–Crippen MR) is 146 cm³/mol. The van der Waals surface area contributed by atoms with Crippen LogP contribution in [0.1, 0.15) is 64.2 Å². The van der Waals surface area contributed by atoms with Crippen molar-refractivity contribution in [2.75, 3.05) is 46.3 Å². The number of alkyl halides is 1. The molecule has 9 N–H and O–H groups in total. The molecule has 3 saturated heterocycles. The van der Waals surface area contributed by atoms with Gasteiger partial charge in [0.15, 0.2) is 0 Å². The van der Waals surface area contributed by atoms with Gasteiger partial charge in [-0.3, -0.25) is 15.0 Å². The molecular formula is C26H51ClN8O. The van der Waals surface area contributed by atoms with Gasteiger partial charge in [0.1, 0.15) is 0 Å². The van der Waals surface area contributed by atoms with E-state index in [0.717, 1.165) is 51.9 Å². The molecule has 208 valence electrons. The van der Waals surface area contributed by atoms with Crippen molar-refractivity contribution in [1.29, 1.82) is 0 Å². The van der Waals surface area contributed by atoms with Crippen LogP contribution in [0.3, 0.4) is 0 Å². The predicted octanol–water partition coefficient (Wildman–Crippen LogP) is 0.315. The average Bonchev–Trinajstić information content (AvgIpc) is 3.08. The quantitative estimate of drug-likeness (QED) is 0.222. The molecule has 10 heteroatoms. The molecule has 1 aliphatic carbocycles. The summed E-state index contributed by atoms with van der Waals surface area (Å²) in [5, 5.41) is 10.5. The molecule has 36 heavy (non-hydrogen) atoms. The molecule has 3 heterocycles. The van der Waals surface area contributed by atoms with Gasteiger partial charge in [-0.1, -0.05) is 25.7 Å². The van der Waals surface area contributed by atoms with Crippen LogP contribution in [-0.2, 0) is 4.79 Å². The summed E-state index contributed by atoms with van der Waals surface area (Å²) in [6.45, 7) is 5.38. The highest BCUT2D eigenvalue weighted by Gasteiger charge is 2.43. The molecular weight excluding hydrogens is 476 g/mol. The second-order valence-electron chi connectivity index (χ2n) is 12.1. The largest absolute Gasteiger partial charge is 0.350 e. The van der Waals surface area contributed by atoms with Crippen molar-refractivity contribution in [3.63, 3.8) is 0 Å². The van der Waals surface area contributed by atoms with Crippen molar-refractivity contribution in [1.82, 2.24) is 25.8 Å². The smallest absolute Gasteiger partial charge is 0.227 e. The van der Waals surface area contributed by atoms with E-state index in [2.05, 4.69) is 32.8 Å². The van der Waals surface area contributed by atoms with Gasteiger partial charge < -0.3 is 32.7 Å². The van der Waals surface area contributed by atoms with Crippen molar-refractivity contribution in [2.45, 2.75) is 100 Å². The summed E-state index contributed by atoms with van der Waals surface area (Å²) < 4.78 is 0. The fraction of sp³-hybridized carbons (Fsp3) is 0.962. The number of nitrogens with two attached hydrogens (primary N) is 3. The second-order valence-corrected chi connectivity index (χ2v) is 12.8. The fourth-order valence-corrected chi connectivity index (χ4v) is 7.40. The molecule has 4 rings (SSSR count). The Balaban J connectivity index is 1.49. The Labute approximate surface area is 222 Å². The van der Waals surface area contributed by atoms with Gasteiger partial charge in [-0.05, 0) is 51.0 Å². The number of amides is 1. The van der Waals surface area contributed by atoms with E-state index >= 15 is 0 Å². The van der Waals surface area contributed by atoms with Crippen LogP contribution in [0.2, 0.25) is 0 Å². The van der Waals surface area contributed by atoms with Gasteiger partial charge in [-0.2, -0.15) is 0 Å². The number of hydrogen-bond donors (Lipinski definition) is 6. The highest BCUT2D eigenvalue weighted by molar-refractivity contribution is 6.20. The zero-order valence-corrected chi connectivity index (χ0v) is 23.0. The molecule has 9 nitrogen and oxygen atoms in total. The number of piperazine rings is 1. The van der Waals surface area contributed by atoms with Crippen molar-refractivity contribution in [3.05, 3.63) is 0 Å². The Morgan fingerprint density at radius 2 is 1.72 bits per heavy atom. The molecule has 1 saturated carbocycles. The maximum Gasteiger partial charge on any atom is 0.227 e. The third-order valence-electron chi connectivity index (χ3n) is 9.45. The van der Waals surface area contributed by atoms with E-state index in [1.54, 1.807) is 0 Å². The molecule has 1 spiro atoms. The molecule has 6 atom stereocenters. The van der Waals surface area contributed by atoms with Gasteiger partial charge in [0.2, 0.25) is 5.91 Å². The Bertz CT molecular complexity index is 695. The van der Waals surface area contributed by atoms with E-state index in [9.17, 15) is 4.79 Å². The summed E-state index contributed by atoms with van der Waals surface area (Å²) in [7, 11) is 2.16. The van der Waals surface area contributed by atoms with Gasteiger partial charge in [-0.25, -0.2) is 0 Å². The minimum absolute atomic E-state index is 0.0249. The third-order valence-corrected chi connectivity index (χ3v) is 9.82. The highest BCUT2D eigenvalue weighted by Crippen LogP contribution is 2.45. The minimum Gasteiger partial charge on any atom is -0.350 e.